The van der Waals surface area contributed by atoms with E-state index in [0.717, 1.165) is 0 Å². The molecule has 0 heterocycles. The lowest BCUT2D eigenvalue weighted by Crippen LogP contribution is -2.26. The van der Waals surface area contributed by atoms with E-state index in [1.165, 1.54) is 17.0 Å². The van der Waals surface area contributed by atoms with Gasteiger partial charge in [-0.05, 0) is 52.3 Å². The Labute approximate surface area is 123 Å². The summed E-state index contributed by atoms with van der Waals surface area (Å²) in [6, 6.07) is 10.8. The Balaban J connectivity index is 2.33. The van der Waals surface area contributed by atoms with Gasteiger partial charge in [0.25, 0.3) is 5.91 Å². The zero-order chi connectivity index (χ0) is 14.0. The van der Waals surface area contributed by atoms with Crippen LogP contribution in [0.15, 0.2) is 46.9 Å². The van der Waals surface area contributed by atoms with Gasteiger partial charge in [0.1, 0.15) is 5.82 Å². The molecule has 0 spiro atoms. The Morgan fingerprint density at radius 2 is 1.84 bits per heavy atom. The second kappa shape index (κ2) is 5.72. The van der Waals surface area contributed by atoms with E-state index in [0.29, 0.717) is 20.7 Å². The van der Waals surface area contributed by atoms with E-state index in [4.69, 9.17) is 11.6 Å². The molecule has 1 amide bonds. The minimum absolute atomic E-state index is 0.252. The number of carbonyl (C=O) groups is 1. The second-order valence-corrected chi connectivity index (χ2v) is 5.17. The van der Waals surface area contributed by atoms with Crippen molar-refractivity contribution in [1.29, 1.82) is 0 Å². The summed E-state index contributed by atoms with van der Waals surface area (Å²) in [6.07, 6.45) is 0. The summed E-state index contributed by atoms with van der Waals surface area (Å²) in [4.78, 5) is 13.8. The quantitative estimate of drug-likeness (QED) is 0.786. The zero-order valence-corrected chi connectivity index (χ0v) is 12.4. The number of amides is 1. The number of benzene rings is 2. The van der Waals surface area contributed by atoms with Crippen LogP contribution in [0, 0.1) is 5.82 Å². The SMILES string of the molecule is CN(C(=O)c1cccc(Br)c1Cl)c1ccc(F)cc1. The molecule has 0 atom stereocenters. The molecule has 2 aromatic rings. The molecular weight excluding hydrogens is 333 g/mol. The van der Waals surface area contributed by atoms with Crippen molar-refractivity contribution in [2.45, 2.75) is 0 Å². The van der Waals surface area contributed by atoms with Gasteiger partial charge in [0.05, 0.1) is 10.6 Å². The van der Waals surface area contributed by atoms with Crippen molar-refractivity contribution in [3.63, 3.8) is 0 Å². The summed E-state index contributed by atoms with van der Waals surface area (Å²) in [6.45, 7) is 0. The van der Waals surface area contributed by atoms with Gasteiger partial charge < -0.3 is 4.90 Å². The molecule has 0 saturated heterocycles. The van der Waals surface area contributed by atoms with Gasteiger partial charge in [-0.2, -0.15) is 0 Å². The van der Waals surface area contributed by atoms with Gasteiger partial charge in [-0.1, -0.05) is 17.7 Å². The third-order valence-electron chi connectivity index (χ3n) is 2.70. The molecule has 0 aliphatic rings. The van der Waals surface area contributed by atoms with Gasteiger partial charge in [-0.25, -0.2) is 4.39 Å². The molecule has 0 fully saturated rings. The Kier molecular flexibility index (Phi) is 4.22. The van der Waals surface area contributed by atoms with Gasteiger partial charge >= 0.3 is 0 Å². The average Bonchev–Trinajstić information content (AvgIpc) is 2.41. The Hall–Kier alpha value is -1.39. The van der Waals surface area contributed by atoms with Crippen molar-refractivity contribution in [1.82, 2.24) is 0 Å². The minimum atomic E-state index is -0.343. The number of halogens is 3. The lowest BCUT2D eigenvalue weighted by molar-refractivity contribution is 0.0993. The van der Waals surface area contributed by atoms with Gasteiger partial charge in [0.15, 0.2) is 0 Å². The molecule has 0 N–H and O–H groups in total. The number of nitrogens with zero attached hydrogens (tertiary/aromatic N) is 1. The maximum absolute atomic E-state index is 12.9. The predicted octanol–water partition coefficient (Wildman–Crippen LogP) is 4.52. The van der Waals surface area contributed by atoms with Crippen molar-refractivity contribution < 1.29 is 9.18 Å². The van der Waals surface area contributed by atoms with Crippen LogP contribution >= 0.6 is 27.5 Å². The average molecular weight is 343 g/mol. The van der Waals surface area contributed by atoms with Gasteiger partial charge in [-0.15, -0.1) is 0 Å². The molecule has 98 valence electrons. The summed E-state index contributed by atoms with van der Waals surface area (Å²) in [5.74, 6) is -0.594. The van der Waals surface area contributed by atoms with Gasteiger partial charge in [-0.3, -0.25) is 4.79 Å². The van der Waals surface area contributed by atoms with Crippen LogP contribution in [0.5, 0.6) is 0 Å². The Morgan fingerprint density at radius 3 is 2.47 bits per heavy atom. The van der Waals surface area contributed by atoms with Gasteiger partial charge in [0.2, 0.25) is 0 Å². The van der Waals surface area contributed by atoms with Crippen LogP contribution in [-0.4, -0.2) is 13.0 Å². The molecule has 0 radical (unpaired) electrons. The topological polar surface area (TPSA) is 20.3 Å². The third kappa shape index (κ3) is 2.96. The van der Waals surface area contributed by atoms with Crippen molar-refractivity contribution in [2.75, 3.05) is 11.9 Å². The highest BCUT2D eigenvalue weighted by molar-refractivity contribution is 9.10. The molecule has 2 nitrogen and oxygen atoms in total. The summed E-state index contributed by atoms with van der Waals surface area (Å²) in [5, 5.41) is 0.362. The molecule has 2 rings (SSSR count). The number of hydrogen-bond donors (Lipinski definition) is 0. The maximum Gasteiger partial charge on any atom is 0.259 e. The smallest absolute Gasteiger partial charge is 0.259 e. The second-order valence-electron chi connectivity index (χ2n) is 3.94. The number of hydrogen-bond acceptors (Lipinski definition) is 1. The fourth-order valence-electron chi connectivity index (χ4n) is 1.63. The lowest BCUT2D eigenvalue weighted by atomic mass is 10.2. The third-order valence-corrected chi connectivity index (χ3v) is 4.00. The monoisotopic (exact) mass is 341 g/mol. The highest BCUT2D eigenvalue weighted by Crippen LogP contribution is 2.27. The summed E-state index contributed by atoms with van der Waals surface area (Å²) in [7, 11) is 1.62. The van der Waals surface area contributed by atoms with E-state index in [9.17, 15) is 9.18 Å². The fourth-order valence-corrected chi connectivity index (χ4v) is 2.20. The molecular formula is C14H10BrClFNO. The maximum atomic E-state index is 12.9. The predicted molar refractivity (Wildman–Crippen MR) is 78.3 cm³/mol. The van der Waals surface area contributed by atoms with E-state index < -0.39 is 0 Å². The molecule has 0 aliphatic heterocycles. The summed E-state index contributed by atoms with van der Waals surface area (Å²) >= 11 is 9.37. The Morgan fingerprint density at radius 1 is 1.21 bits per heavy atom. The van der Waals surface area contributed by atoms with E-state index in [2.05, 4.69) is 15.9 Å². The molecule has 5 heteroatoms. The fraction of sp³-hybridized carbons (Fsp3) is 0.0714. The van der Waals surface area contributed by atoms with Crippen LogP contribution in [0.1, 0.15) is 10.4 Å². The molecule has 0 saturated carbocycles. The van der Waals surface area contributed by atoms with Crippen LogP contribution < -0.4 is 4.90 Å². The first-order chi connectivity index (χ1) is 9.00. The van der Waals surface area contributed by atoms with Crippen LogP contribution in [0.4, 0.5) is 10.1 Å². The van der Waals surface area contributed by atoms with E-state index >= 15 is 0 Å². The lowest BCUT2D eigenvalue weighted by Gasteiger charge is -2.18. The van der Waals surface area contributed by atoms with E-state index in [1.807, 2.05) is 0 Å². The number of carbonyl (C=O) groups excluding carboxylic acids is 1. The van der Waals surface area contributed by atoms with Crippen molar-refractivity contribution in [3.05, 3.63) is 63.3 Å². The van der Waals surface area contributed by atoms with Crippen molar-refractivity contribution in [2.24, 2.45) is 0 Å². The van der Waals surface area contributed by atoms with E-state index in [-0.39, 0.29) is 11.7 Å². The highest BCUT2D eigenvalue weighted by atomic mass is 79.9. The molecule has 19 heavy (non-hydrogen) atoms. The van der Waals surface area contributed by atoms with Crippen molar-refractivity contribution in [3.8, 4) is 0 Å². The number of anilines is 1. The van der Waals surface area contributed by atoms with Crippen LogP contribution in [0.3, 0.4) is 0 Å². The largest absolute Gasteiger partial charge is 0.311 e. The van der Waals surface area contributed by atoms with Crippen LogP contribution in [-0.2, 0) is 0 Å². The summed E-state index contributed by atoms with van der Waals surface area (Å²) in [5.41, 5.74) is 0.991. The first kappa shape index (κ1) is 14.0. The summed E-state index contributed by atoms with van der Waals surface area (Å²) < 4.78 is 13.5. The van der Waals surface area contributed by atoms with Crippen LogP contribution in [0.2, 0.25) is 5.02 Å². The van der Waals surface area contributed by atoms with E-state index in [1.54, 1.807) is 37.4 Å². The number of rotatable bonds is 2. The normalized spacial score (nSPS) is 10.3. The molecule has 0 bridgehead atoms. The molecule has 0 aliphatic carbocycles. The molecule has 2 aromatic carbocycles. The van der Waals surface area contributed by atoms with Crippen molar-refractivity contribution >= 4 is 39.1 Å². The van der Waals surface area contributed by atoms with Gasteiger partial charge in [0, 0.05) is 17.2 Å². The molecule has 0 aromatic heterocycles. The first-order valence-electron chi connectivity index (χ1n) is 5.48. The highest BCUT2D eigenvalue weighted by Gasteiger charge is 2.17. The minimum Gasteiger partial charge on any atom is -0.311 e. The zero-order valence-electron chi connectivity index (χ0n) is 10.0. The Bertz CT molecular complexity index is 615. The first-order valence-corrected chi connectivity index (χ1v) is 6.65. The molecule has 0 unspecified atom stereocenters. The van der Waals surface area contributed by atoms with Crippen LogP contribution in [0.25, 0.3) is 0 Å². The standard InChI is InChI=1S/C14H10BrClFNO/c1-18(10-7-5-9(17)6-8-10)14(19)11-3-2-4-12(15)13(11)16/h2-8H,1H3.